The highest BCUT2D eigenvalue weighted by atomic mass is 35.5. The molecule has 0 radical (unpaired) electrons. The van der Waals surface area contributed by atoms with Crippen molar-refractivity contribution < 1.29 is 18.0 Å². The van der Waals surface area contributed by atoms with Crippen molar-refractivity contribution in [1.29, 1.82) is 0 Å². The number of hydrogen-bond acceptors (Lipinski definition) is 2. The van der Waals surface area contributed by atoms with Crippen LogP contribution in [0, 0.1) is 0 Å². The summed E-state index contributed by atoms with van der Waals surface area (Å²) in [5.74, 6) is -0.668. The first-order valence-electron chi connectivity index (χ1n) is 3.40. The van der Waals surface area contributed by atoms with Crippen LogP contribution in [0.25, 0.3) is 0 Å². The number of rotatable bonds is 3. The average molecular weight is 210 g/mol. The van der Waals surface area contributed by atoms with Crippen LogP contribution in [0.15, 0.2) is 16.7 Å². The van der Waals surface area contributed by atoms with E-state index in [0.29, 0.717) is 0 Å². The lowest BCUT2D eigenvalue weighted by molar-refractivity contribution is 0.0891. The van der Waals surface area contributed by atoms with E-state index >= 15 is 0 Å². The normalized spacial score (nSPS) is 10.5. The minimum atomic E-state index is -2.57. The van der Waals surface area contributed by atoms with E-state index in [4.69, 9.17) is 11.6 Å². The van der Waals surface area contributed by atoms with Gasteiger partial charge in [-0.2, -0.15) is 0 Å². The molecular formula is C7H6ClF2NO2. The van der Waals surface area contributed by atoms with Crippen molar-refractivity contribution in [2.45, 2.75) is 6.43 Å². The van der Waals surface area contributed by atoms with Gasteiger partial charge in [0.1, 0.15) is 0 Å². The largest absolute Gasteiger partial charge is 0.452 e. The van der Waals surface area contributed by atoms with Gasteiger partial charge < -0.3 is 9.73 Å². The lowest BCUT2D eigenvalue weighted by Gasteiger charge is -2.01. The monoisotopic (exact) mass is 209 g/mol. The van der Waals surface area contributed by atoms with Gasteiger partial charge in [-0.1, -0.05) is 0 Å². The Labute approximate surface area is 77.7 Å². The van der Waals surface area contributed by atoms with Crippen LogP contribution in [0.3, 0.4) is 0 Å². The number of halogens is 3. The molecule has 13 heavy (non-hydrogen) atoms. The van der Waals surface area contributed by atoms with E-state index in [0.717, 1.165) is 0 Å². The lowest BCUT2D eigenvalue weighted by Crippen LogP contribution is -2.28. The van der Waals surface area contributed by atoms with Crippen molar-refractivity contribution in [3.8, 4) is 0 Å². The molecule has 1 rings (SSSR count). The van der Waals surface area contributed by atoms with E-state index in [-0.39, 0.29) is 10.8 Å². The molecule has 1 N–H and O–H groups in total. The summed E-state index contributed by atoms with van der Waals surface area (Å²) in [4.78, 5) is 11.0. The van der Waals surface area contributed by atoms with E-state index in [1.54, 1.807) is 0 Å². The van der Waals surface area contributed by atoms with Gasteiger partial charge in [0.2, 0.25) is 5.22 Å². The SMILES string of the molecule is O=C(NCC(F)F)c1ccoc1Cl. The summed E-state index contributed by atoms with van der Waals surface area (Å²) in [5, 5.41) is 1.89. The first-order valence-corrected chi connectivity index (χ1v) is 3.78. The molecule has 0 saturated carbocycles. The Kier molecular flexibility index (Phi) is 3.25. The molecule has 1 aromatic rings. The van der Waals surface area contributed by atoms with Crippen molar-refractivity contribution in [3.63, 3.8) is 0 Å². The number of carbonyl (C=O) groups excluding carboxylic acids is 1. The first kappa shape index (κ1) is 9.98. The van der Waals surface area contributed by atoms with Gasteiger partial charge in [0.15, 0.2) is 0 Å². The number of nitrogens with one attached hydrogen (secondary N) is 1. The lowest BCUT2D eigenvalue weighted by atomic mass is 10.3. The van der Waals surface area contributed by atoms with E-state index in [9.17, 15) is 13.6 Å². The third kappa shape index (κ3) is 2.69. The second-order valence-corrected chi connectivity index (χ2v) is 2.55. The summed E-state index contributed by atoms with van der Waals surface area (Å²) in [6.07, 6.45) is -1.37. The van der Waals surface area contributed by atoms with Crippen LogP contribution in [-0.2, 0) is 0 Å². The van der Waals surface area contributed by atoms with Gasteiger partial charge in [0.25, 0.3) is 12.3 Å². The highest BCUT2D eigenvalue weighted by Crippen LogP contribution is 2.15. The Bertz CT molecular complexity index is 300. The Balaban J connectivity index is 2.54. The van der Waals surface area contributed by atoms with Crippen LogP contribution in [-0.4, -0.2) is 18.9 Å². The zero-order chi connectivity index (χ0) is 9.84. The predicted octanol–water partition coefficient (Wildman–Crippen LogP) is 1.93. The van der Waals surface area contributed by atoms with Crippen molar-refractivity contribution in [3.05, 3.63) is 23.1 Å². The zero-order valence-electron chi connectivity index (χ0n) is 6.39. The van der Waals surface area contributed by atoms with Gasteiger partial charge in [-0.3, -0.25) is 4.79 Å². The number of furan rings is 1. The maximum atomic E-state index is 11.7. The summed E-state index contributed by atoms with van der Waals surface area (Å²) in [5.41, 5.74) is 0.0577. The number of hydrogen-bond donors (Lipinski definition) is 1. The Morgan fingerprint density at radius 1 is 1.69 bits per heavy atom. The van der Waals surface area contributed by atoms with Crippen molar-refractivity contribution in [1.82, 2.24) is 5.32 Å². The van der Waals surface area contributed by atoms with Gasteiger partial charge in [0, 0.05) is 0 Å². The third-order valence-electron chi connectivity index (χ3n) is 1.28. The fraction of sp³-hybridized carbons (Fsp3) is 0.286. The Morgan fingerprint density at radius 3 is 2.85 bits per heavy atom. The molecule has 1 aromatic heterocycles. The number of carbonyl (C=O) groups is 1. The van der Waals surface area contributed by atoms with Crippen molar-refractivity contribution in [2.24, 2.45) is 0 Å². The fourth-order valence-corrected chi connectivity index (χ4v) is 0.921. The molecule has 1 heterocycles. The van der Waals surface area contributed by atoms with Crippen LogP contribution in [0.2, 0.25) is 5.22 Å². The van der Waals surface area contributed by atoms with Crippen LogP contribution in [0.1, 0.15) is 10.4 Å². The Hall–Kier alpha value is -1.10. The molecule has 0 aromatic carbocycles. The van der Waals surface area contributed by atoms with Gasteiger partial charge in [-0.25, -0.2) is 8.78 Å². The highest BCUT2D eigenvalue weighted by molar-refractivity contribution is 6.32. The van der Waals surface area contributed by atoms with E-state index in [1.807, 2.05) is 5.32 Å². The molecule has 0 aliphatic carbocycles. The topological polar surface area (TPSA) is 42.2 Å². The molecule has 0 aliphatic rings. The Morgan fingerprint density at radius 2 is 2.38 bits per heavy atom. The smallest absolute Gasteiger partial charge is 0.256 e. The van der Waals surface area contributed by atoms with E-state index in [1.165, 1.54) is 12.3 Å². The quantitative estimate of drug-likeness (QED) is 0.827. The number of alkyl halides is 2. The van der Waals surface area contributed by atoms with Gasteiger partial charge >= 0.3 is 0 Å². The van der Waals surface area contributed by atoms with Crippen molar-refractivity contribution in [2.75, 3.05) is 6.54 Å². The molecule has 0 aliphatic heterocycles. The van der Waals surface area contributed by atoms with Gasteiger partial charge in [0.05, 0.1) is 18.4 Å². The van der Waals surface area contributed by atoms with Crippen LogP contribution in [0.5, 0.6) is 0 Å². The molecule has 0 spiro atoms. The summed E-state index contributed by atoms with van der Waals surface area (Å²) in [6, 6.07) is 1.31. The third-order valence-corrected chi connectivity index (χ3v) is 1.57. The molecular weight excluding hydrogens is 204 g/mol. The minimum absolute atomic E-state index is 0.0577. The van der Waals surface area contributed by atoms with Gasteiger partial charge in [-0.05, 0) is 17.7 Å². The fourth-order valence-electron chi connectivity index (χ4n) is 0.721. The van der Waals surface area contributed by atoms with Crippen molar-refractivity contribution >= 4 is 17.5 Å². The minimum Gasteiger partial charge on any atom is -0.452 e. The summed E-state index contributed by atoms with van der Waals surface area (Å²) in [7, 11) is 0. The number of amides is 1. The van der Waals surface area contributed by atoms with Crippen LogP contribution < -0.4 is 5.32 Å². The van der Waals surface area contributed by atoms with E-state index < -0.39 is 18.9 Å². The summed E-state index contributed by atoms with van der Waals surface area (Å²) in [6.45, 7) is -0.694. The van der Waals surface area contributed by atoms with Crippen LogP contribution in [0.4, 0.5) is 8.78 Å². The molecule has 0 atom stereocenters. The molecule has 0 bridgehead atoms. The molecule has 72 valence electrons. The van der Waals surface area contributed by atoms with E-state index in [2.05, 4.69) is 4.42 Å². The molecule has 0 fully saturated rings. The zero-order valence-corrected chi connectivity index (χ0v) is 7.15. The second-order valence-electron chi connectivity index (χ2n) is 2.21. The second kappa shape index (κ2) is 4.23. The molecule has 0 unspecified atom stereocenters. The maximum absolute atomic E-state index is 11.7. The molecule has 1 amide bonds. The maximum Gasteiger partial charge on any atom is 0.256 e. The molecule has 3 nitrogen and oxygen atoms in total. The summed E-state index contributed by atoms with van der Waals surface area (Å²) < 4.78 is 27.9. The predicted molar refractivity (Wildman–Crippen MR) is 42.1 cm³/mol. The molecule has 0 saturated heterocycles. The molecule has 6 heteroatoms. The highest BCUT2D eigenvalue weighted by Gasteiger charge is 2.13. The summed E-state index contributed by atoms with van der Waals surface area (Å²) >= 11 is 5.43. The first-order chi connectivity index (χ1) is 6.11. The van der Waals surface area contributed by atoms with Gasteiger partial charge in [-0.15, -0.1) is 0 Å². The standard InChI is InChI=1S/C7H6ClF2NO2/c8-6-4(1-2-13-6)7(12)11-3-5(9)10/h1-2,5H,3H2,(H,11,12). The average Bonchev–Trinajstić information content (AvgIpc) is 2.47. The van der Waals surface area contributed by atoms with Crippen LogP contribution >= 0.6 is 11.6 Å².